The molecule has 0 fully saturated rings. The van der Waals surface area contributed by atoms with E-state index in [-0.39, 0.29) is 0 Å². The average molecular weight is 1170 g/mol. The standard InChI is InChI=1S/3C21H18F4N2O/c3*1-13-2-4-14(5-3-13)15-6-9-19(27-11-15)21(24,25)20(28,12-26)17-8-7-16(22)10-18(17)23/h3*2-11,28H,12,26H2,1H3/t2*20-;/m10./s1. The van der Waals surface area contributed by atoms with Gasteiger partial charge in [0.2, 0.25) is 0 Å². The number of nitrogens with zero attached hydrogens (tertiary/aromatic N) is 3. The van der Waals surface area contributed by atoms with Crippen LogP contribution in [0.15, 0.2) is 182 Å². The number of hydrogen-bond donors (Lipinski definition) is 6. The van der Waals surface area contributed by atoms with Crippen LogP contribution in [0.5, 0.6) is 0 Å². The molecule has 9 rings (SSSR count). The maximum atomic E-state index is 15.1. The average Bonchev–Trinajstić information content (AvgIpc) is 3.47. The van der Waals surface area contributed by atoms with Crippen molar-refractivity contribution in [1.82, 2.24) is 15.0 Å². The highest BCUT2D eigenvalue weighted by atomic mass is 19.3. The Bertz CT molecular complexity index is 3310. The predicted molar refractivity (Wildman–Crippen MR) is 293 cm³/mol. The maximum Gasteiger partial charge on any atom is 0.323 e. The molecule has 0 saturated heterocycles. The number of aryl methyl sites for hydroxylation is 3. The maximum absolute atomic E-state index is 15.1. The SMILES string of the molecule is Cc1ccc(-c2ccc(C(F)(F)C(O)(CN)c3ccc(F)cc3F)nc2)cc1.Cc1ccc(-c2ccc(C(F)(F)[C@@](O)(CN)c3ccc(F)cc3F)nc2)cc1.Cc1ccc(-c2ccc(C(F)(F)[C@](O)(CN)c3ccc(F)cc3F)nc2)cc1. The molecule has 21 heteroatoms. The summed E-state index contributed by atoms with van der Waals surface area (Å²) >= 11 is 0. The molecule has 0 aliphatic rings. The van der Waals surface area contributed by atoms with Crippen molar-refractivity contribution >= 4 is 0 Å². The first-order valence-electron chi connectivity index (χ1n) is 25.4. The van der Waals surface area contributed by atoms with Crippen LogP contribution in [0.4, 0.5) is 52.7 Å². The van der Waals surface area contributed by atoms with Crippen molar-refractivity contribution in [3.05, 3.63) is 268 Å². The summed E-state index contributed by atoms with van der Waals surface area (Å²) in [6.45, 7) is 2.79. The fourth-order valence-electron chi connectivity index (χ4n) is 8.82. The molecule has 0 aliphatic heterocycles. The number of rotatable bonds is 15. The van der Waals surface area contributed by atoms with Crippen molar-refractivity contribution < 1.29 is 68.0 Å². The highest BCUT2D eigenvalue weighted by molar-refractivity contribution is 5.65. The molecule has 3 heterocycles. The summed E-state index contributed by atoms with van der Waals surface area (Å²) in [5.41, 5.74) is 9.45. The first-order valence-corrected chi connectivity index (χ1v) is 25.4. The minimum atomic E-state index is -4.02. The first-order chi connectivity index (χ1) is 39.6. The van der Waals surface area contributed by atoms with E-state index < -0.39 is 123 Å². The fourth-order valence-corrected chi connectivity index (χ4v) is 8.82. The van der Waals surface area contributed by atoms with Gasteiger partial charge in [0.05, 0.1) is 0 Å². The summed E-state index contributed by atoms with van der Waals surface area (Å²) < 4.78 is 172. The Morgan fingerprint density at radius 1 is 0.321 bits per heavy atom. The Balaban J connectivity index is 0.000000181. The number of aliphatic hydroxyl groups is 3. The van der Waals surface area contributed by atoms with E-state index >= 15 is 26.3 Å². The minimum Gasteiger partial charge on any atom is -0.377 e. The summed E-state index contributed by atoms with van der Waals surface area (Å²) in [6, 6.07) is 35.5. The normalized spacial score (nSPS) is 14.0. The number of nitrogens with two attached hydrogens (primary N) is 3. The number of benzene rings is 6. The molecule has 6 aromatic carbocycles. The number of pyridine rings is 3. The van der Waals surface area contributed by atoms with Crippen LogP contribution in [-0.4, -0.2) is 49.9 Å². The second kappa shape index (κ2) is 25.3. The van der Waals surface area contributed by atoms with Crippen molar-refractivity contribution in [2.75, 3.05) is 19.6 Å². The first kappa shape index (κ1) is 63.3. The smallest absolute Gasteiger partial charge is 0.323 e. The largest absolute Gasteiger partial charge is 0.377 e. The van der Waals surface area contributed by atoms with E-state index in [1.54, 1.807) is 0 Å². The van der Waals surface area contributed by atoms with Crippen LogP contribution >= 0.6 is 0 Å². The predicted octanol–water partition coefficient (Wildman–Crippen LogP) is 12.8. The lowest BCUT2D eigenvalue weighted by atomic mass is 9.84. The number of hydrogen-bond acceptors (Lipinski definition) is 9. The van der Waals surface area contributed by atoms with Crippen molar-refractivity contribution in [3.63, 3.8) is 0 Å². The van der Waals surface area contributed by atoms with Gasteiger partial charge in [0.15, 0.2) is 16.8 Å². The molecule has 9 nitrogen and oxygen atoms in total. The van der Waals surface area contributed by atoms with Crippen molar-refractivity contribution in [2.24, 2.45) is 17.2 Å². The molecule has 0 bridgehead atoms. The van der Waals surface area contributed by atoms with Gasteiger partial charge in [0, 0.05) is 89.8 Å². The topological polar surface area (TPSA) is 177 Å². The molecule has 0 saturated carbocycles. The molecule has 1 unspecified atom stereocenters. The van der Waals surface area contributed by atoms with Gasteiger partial charge in [-0.3, -0.25) is 15.0 Å². The molecule has 0 radical (unpaired) electrons. The van der Waals surface area contributed by atoms with Gasteiger partial charge >= 0.3 is 17.8 Å². The van der Waals surface area contributed by atoms with Crippen LogP contribution in [0.3, 0.4) is 0 Å². The molecule has 0 spiro atoms. The summed E-state index contributed by atoms with van der Waals surface area (Å²) in [6.07, 6.45) is 3.73. The molecule has 9 N–H and O–H groups in total. The van der Waals surface area contributed by atoms with Crippen LogP contribution in [0.2, 0.25) is 0 Å². The van der Waals surface area contributed by atoms with E-state index in [0.29, 0.717) is 34.9 Å². The minimum absolute atomic E-state index is 0.417. The van der Waals surface area contributed by atoms with Crippen LogP contribution in [0, 0.1) is 55.7 Å². The molecule has 0 amide bonds. The van der Waals surface area contributed by atoms with Crippen LogP contribution in [0.25, 0.3) is 33.4 Å². The molecule has 3 aromatic heterocycles. The van der Waals surface area contributed by atoms with E-state index in [1.165, 1.54) is 36.8 Å². The molecular formula is C63H54F12N6O3. The molecule has 84 heavy (non-hydrogen) atoms. The van der Waals surface area contributed by atoms with E-state index in [4.69, 9.17) is 17.2 Å². The number of aromatic nitrogens is 3. The van der Waals surface area contributed by atoms with Crippen LogP contribution < -0.4 is 17.2 Å². The quantitative estimate of drug-likeness (QED) is 0.0545. The fraction of sp³-hybridized carbons (Fsp3) is 0.190. The highest BCUT2D eigenvalue weighted by Crippen LogP contribution is 2.48. The zero-order chi connectivity index (χ0) is 61.6. The van der Waals surface area contributed by atoms with Gasteiger partial charge < -0.3 is 32.5 Å². The number of halogens is 12. The Kier molecular flexibility index (Phi) is 19.0. The molecule has 438 valence electrons. The van der Waals surface area contributed by atoms with Crippen molar-refractivity contribution in [3.8, 4) is 33.4 Å². The van der Waals surface area contributed by atoms with Crippen LogP contribution in [0.1, 0.15) is 50.5 Å². The summed E-state index contributed by atoms with van der Waals surface area (Å²) in [4.78, 5) is 11.3. The Hall–Kier alpha value is -8.31. The van der Waals surface area contributed by atoms with Gasteiger partial charge in [-0.05, 0) is 73.9 Å². The molecule has 3 atom stereocenters. The van der Waals surface area contributed by atoms with Gasteiger partial charge in [-0.2, -0.15) is 26.3 Å². The molecule has 0 aliphatic carbocycles. The van der Waals surface area contributed by atoms with E-state index in [2.05, 4.69) is 15.0 Å². The lowest BCUT2D eigenvalue weighted by Gasteiger charge is -2.35. The lowest BCUT2D eigenvalue weighted by molar-refractivity contribution is -0.193. The van der Waals surface area contributed by atoms with Gasteiger partial charge in [-0.1, -0.05) is 126 Å². The van der Waals surface area contributed by atoms with E-state index in [0.717, 1.165) is 88.0 Å². The number of alkyl halides is 6. The Morgan fingerprint density at radius 3 is 0.714 bits per heavy atom. The molecule has 9 aromatic rings. The summed E-state index contributed by atoms with van der Waals surface area (Å²) in [7, 11) is 0. The molecular weight excluding hydrogens is 1120 g/mol. The van der Waals surface area contributed by atoms with Gasteiger partial charge in [-0.25, -0.2) is 26.3 Å². The Morgan fingerprint density at radius 2 is 0.536 bits per heavy atom. The van der Waals surface area contributed by atoms with Gasteiger partial charge in [0.25, 0.3) is 0 Å². The lowest BCUT2D eigenvalue weighted by Crippen LogP contribution is -2.50. The summed E-state index contributed by atoms with van der Waals surface area (Å²) in [5, 5.41) is 31.8. The second-order valence-electron chi connectivity index (χ2n) is 19.7. The van der Waals surface area contributed by atoms with Gasteiger partial charge in [-0.15, -0.1) is 0 Å². The van der Waals surface area contributed by atoms with Gasteiger partial charge in [0.1, 0.15) is 52.0 Å². The summed E-state index contributed by atoms with van der Waals surface area (Å²) in [5.74, 6) is -18.9. The van der Waals surface area contributed by atoms with E-state index in [9.17, 15) is 41.7 Å². The third-order valence-electron chi connectivity index (χ3n) is 14.0. The third-order valence-corrected chi connectivity index (χ3v) is 14.0. The third kappa shape index (κ3) is 12.8. The zero-order valence-corrected chi connectivity index (χ0v) is 44.9. The van der Waals surface area contributed by atoms with Crippen molar-refractivity contribution in [2.45, 2.75) is 55.3 Å². The highest BCUT2D eigenvalue weighted by Gasteiger charge is 2.59. The monoisotopic (exact) mass is 1170 g/mol. The van der Waals surface area contributed by atoms with Crippen molar-refractivity contribution in [1.29, 1.82) is 0 Å². The van der Waals surface area contributed by atoms with E-state index in [1.807, 2.05) is 93.6 Å². The second-order valence-corrected chi connectivity index (χ2v) is 19.7. The van der Waals surface area contributed by atoms with Crippen LogP contribution in [-0.2, 0) is 34.6 Å². The zero-order valence-electron chi connectivity index (χ0n) is 44.9. The Labute approximate surface area is 474 Å².